The van der Waals surface area contributed by atoms with Crippen LogP contribution < -0.4 is 10.5 Å². The van der Waals surface area contributed by atoms with Crippen LogP contribution in [0, 0.1) is 11.8 Å². The first kappa shape index (κ1) is 19.2. The summed E-state index contributed by atoms with van der Waals surface area (Å²) in [6.07, 6.45) is -0.240. The predicted molar refractivity (Wildman–Crippen MR) is 105 cm³/mol. The molecule has 1 aliphatic carbocycles. The topological polar surface area (TPSA) is 51.0 Å². The lowest BCUT2D eigenvalue weighted by Gasteiger charge is -2.36. The zero-order chi connectivity index (χ0) is 20.2. The first-order valence-corrected chi connectivity index (χ1v) is 10.0. The van der Waals surface area contributed by atoms with Crippen molar-refractivity contribution in [2.24, 2.45) is 11.8 Å². The highest BCUT2D eigenvalue weighted by molar-refractivity contribution is 7.25. The Balaban J connectivity index is 1.82. The molecule has 1 saturated carbocycles. The van der Waals surface area contributed by atoms with Gasteiger partial charge in [0, 0.05) is 26.3 Å². The van der Waals surface area contributed by atoms with Crippen LogP contribution in [0.3, 0.4) is 0 Å². The Hall–Kier alpha value is -2.16. The standard InChI is InChI=1S/C19H21F3N4OS/c1-10-4-5-11(8-12(10)19(20,21)22)26-9-24-15-14-13(25(2)3)6-7-23-17(14)28-16(15)18(26)27/h6-7,9-12H,4-5,8H2,1-3H3/t10?,11-,12-/m0/s1. The Labute approximate surface area is 163 Å². The number of alkyl halides is 3. The number of fused-ring (bicyclic) bond motifs is 3. The lowest BCUT2D eigenvalue weighted by Crippen LogP contribution is -2.37. The van der Waals surface area contributed by atoms with Crippen molar-refractivity contribution < 1.29 is 13.2 Å². The molecule has 0 aliphatic heterocycles. The van der Waals surface area contributed by atoms with Gasteiger partial charge in [0.15, 0.2) is 0 Å². The maximum atomic E-state index is 13.4. The molecule has 3 aromatic rings. The minimum absolute atomic E-state index is 0.0795. The van der Waals surface area contributed by atoms with Crippen LogP contribution in [0.5, 0.6) is 0 Å². The third kappa shape index (κ3) is 3.05. The van der Waals surface area contributed by atoms with Crippen LogP contribution in [0.2, 0.25) is 0 Å². The largest absolute Gasteiger partial charge is 0.392 e. The molecular formula is C19H21F3N4OS. The van der Waals surface area contributed by atoms with Gasteiger partial charge in [-0.25, -0.2) is 9.97 Å². The van der Waals surface area contributed by atoms with E-state index >= 15 is 0 Å². The number of rotatable bonds is 2. The maximum absolute atomic E-state index is 13.4. The zero-order valence-electron chi connectivity index (χ0n) is 15.8. The first-order chi connectivity index (χ1) is 13.2. The van der Waals surface area contributed by atoms with Gasteiger partial charge in [0.2, 0.25) is 0 Å². The summed E-state index contributed by atoms with van der Waals surface area (Å²) in [4.78, 5) is 24.6. The van der Waals surface area contributed by atoms with E-state index in [0.717, 1.165) is 11.1 Å². The van der Waals surface area contributed by atoms with Gasteiger partial charge in [-0.05, 0) is 31.2 Å². The van der Waals surface area contributed by atoms with Crippen LogP contribution >= 0.6 is 11.3 Å². The fourth-order valence-corrected chi connectivity index (χ4v) is 5.25. The summed E-state index contributed by atoms with van der Waals surface area (Å²) in [5.74, 6) is -1.82. The minimum Gasteiger partial charge on any atom is -0.377 e. The van der Waals surface area contributed by atoms with Crippen molar-refractivity contribution in [2.45, 2.75) is 38.4 Å². The van der Waals surface area contributed by atoms with Crippen molar-refractivity contribution in [1.82, 2.24) is 14.5 Å². The van der Waals surface area contributed by atoms with Gasteiger partial charge in [-0.3, -0.25) is 9.36 Å². The SMILES string of the molecule is CC1CC[C@H](n2cnc3c(sc4nccc(N(C)C)c43)c2=O)C[C@@H]1C(F)(F)F. The molecule has 0 bridgehead atoms. The molecule has 4 rings (SSSR count). The third-order valence-electron chi connectivity index (χ3n) is 5.75. The van der Waals surface area contributed by atoms with Crippen molar-refractivity contribution in [2.75, 3.05) is 19.0 Å². The summed E-state index contributed by atoms with van der Waals surface area (Å²) < 4.78 is 42.0. The normalized spacial score (nSPS) is 23.4. The van der Waals surface area contributed by atoms with Crippen molar-refractivity contribution in [1.29, 1.82) is 0 Å². The quantitative estimate of drug-likeness (QED) is 0.619. The summed E-state index contributed by atoms with van der Waals surface area (Å²) in [6.45, 7) is 1.64. The molecule has 3 aromatic heterocycles. The third-order valence-corrected chi connectivity index (χ3v) is 6.82. The van der Waals surface area contributed by atoms with Crippen LogP contribution in [0.1, 0.15) is 32.2 Å². The molecule has 3 atom stereocenters. The van der Waals surface area contributed by atoms with E-state index in [9.17, 15) is 18.0 Å². The van der Waals surface area contributed by atoms with E-state index in [1.54, 1.807) is 13.1 Å². The maximum Gasteiger partial charge on any atom is 0.392 e. The Morgan fingerprint density at radius 3 is 2.68 bits per heavy atom. The minimum atomic E-state index is -4.25. The van der Waals surface area contributed by atoms with Gasteiger partial charge in [0.05, 0.1) is 28.8 Å². The van der Waals surface area contributed by atoms with E-state index < -0.39 is 24.1 Å². The molecule has 1 unspecified atom stereocenters. The monoisotopic (exact) mass is 410 g/mol. The predicted octanol–water partition coefficient (Wildman–Crippen LogP) is 4.61. The number of aromatic nitrogens is 3. The van der Waals surface area contributed by atoms with Crippen molar-refractivity contribution >= 4 is 37.5 Å². The fraction of sp³-hybridized carbons (Fsp3) is 0.526. The van der Waals surface area contributed by atoms with E-state index in [2.05, 4.69) is 9.97 Å². The summed E-state index contributed by atoms with van der Waals surface area (Å²) >= 11 is 1.25. The van der Waals surface area contributed by atoms with Gasteiger partial charge >= 0.3 is 6.18 Å². The molecule has 150 valence electrons. The smallest absolute Gasteiger partial charge is 0.377 e. The molecule has 0 amide bonds. The summed E-state index contributed by atoms with van der Waals surface area (Å²) in [5, 5.41) is 0.808. The van der Waals surface area contributed by atoms with Gasteiger partial charge in [0.1, 0.15) is 9.53 Å². The van der Waals surface area contributed by atoms with Crippen LogP contribution in [0.15, 0.2) is 23.4 Å². The second-order valence-electron chi connectivity index (χ2n) is 7.73. The summed E-state index contributed by atoms with van der Waals surface area (Å²) in [5.41, 5.74) is 1.19. The van der Waals surface area contributed by atoms with E-state index in [0.29, 0.717) is 27.9 Å². The molecule has 28 heavy (non-hydrogen) atoms. The fourth-order valence-electron chi connectivity index (χ4n) is 4.19. The molecule has 0 aromatic carbocycles. The van der Waals surface area contributed by atoms with Crippen LogP contribution in [0.4, 0.5) is 18.9 Å². The van der Waals surface area contributed by atoms with Crippen LogP contribution in [-0.4, -0.2) is 34.8 Å². The highest BCUT2D eigenvalue weighted by Gasteiger charge is 2.46. The molecular weight excluding hydrogens is 389 g/mol. The molecule has 3 heterocycles. The number of pyridine rings is 1. The van der Waals surface area contributed by atoms with Crippen LogP contribution in [-0.2, 0) is 0 Å². The molecule has 0 radical (unpaired) electrons. The van der Waals surface area contributed by atoms with E-state index in [1.807, 2.05) is 25.1 Å². The van der Waals surface area contributed by atoms with E-state index in [1.165, 1.54) is 22.2 Å². The number of nitrogens with zero attached hydrogens (tertiary/aromatic N) is 4. The lowest BCUT2D eigenvalue weighted by molar-refractivity contribution is -0.197. The Kier molecular flexibility index (Phi) is 4.60. The van der Waals surface area contributed by atoms with Gasteiger partial charge in [-0.1, -0.05) is 6.92 Å². The number of thiophene rings is 1. The number of anilines is 1. The van der Waals surface area contributed by atoms with Gasteiger partial charge in [-0.15, -0.1) is 11.3 Å². The molecule has 5 nitrogen and oxygen atoms in total. The Morgan fingerprint density at radius 1 is 1.25 bits per heavy atom. The average molecular weight is 410 g/mol. The highest BCUT2D eigenvalue weighted by atomic mass is 32.1. The Morgan fingerprint density at radius 2 is 2.00 bits per heavy atom. The van der Waals surface area contributed by atoms with E-state index in [-0.39, 0.29) is 12.0 Å². The average Bonchev–Trinajstić information content (AvgIpc) is 3.01. The van der Waals surface area contributed by atoms with Crippen molar-refractivity contribution in [3.8, 4) is 0 Å². The zero-order valence-corrected chi connectivity index (χ0v) is 16.6. The molecule has 0 spiro atoms. The molecule has 1 aliphatic rings. The molecule has 0 saturated heterocycles. The van der Waals surface area contributed by atoms with Gasteiger partial charge in [0.25, 0.3) is 5.56 Å². The number of hydrogen-bond acceptors (Lipinski definition) is 5. The summed E-state index contributed by atoms with van der Waals surface area (Å²) in [6, 6.07) is 1.37. The first-order valence-electron chi connectivity index (χ1n) is 9.21. The molecule has 0 N–H and O–H groups in total. The van der Waals surface area contributed by atoms with E-state index in [4.69, 9.17) is 0 Å². The number of halogens is 3. The second kappa shape index (κ2) is 6.72. The molecule has 1 fully saturated rings. The Bertz CT molecular complexity index is 1090. The lowest BCUT2D eigenvalue weighted by atomic mass is 9.77. The number of hydrogen-bond donors (Lipinski definition) is 0. The second-order valence-corrected chi connectivity index (χ2v) is 8.73. The van der Waals surface area contributed by atoms with Gasteiger partial charge < -0.3 is 4.90 Å². The summed E-state index contributed by atoms with van der Waals surface area (Å²) in [7, 11) is 3.81. The van der Waals surface area contributed by atoms with Crippen molar-refractivity contribution in [3.63, 3.8) is 0 Å². The van der Waals surface area contributed by atoms with Crippen LogP contribution in [0.25, 0.3) is 20.4 Å². The molecule has 9 heteroatoms. The highest BCUT2D eigenvalue weighted by Crippen LogP contribution is 2.45. The van der Waals surface area contributed by atoms with Gasteiger partial charge in [-0.2, -0.15) is 13.2 Å². The van der Waals surface area contributed by atoms with Crippen molar-refractivity contribution in [3.05, 3.63) is 28.9 Å².